The van der Waals surface area contributed by atoms with Crippen molar-refractivity contribution in [2.75, 3.05) is 0 Å². The van der Waals surface area contributed by atoms with E-state index in [2.05, 4.69) is 52.0 Å². The van der Waals surface area contributed by atoms with Crippen molar-refractivity contribution in [2.45, 2.75) is 53.6 Å². The van der Waals surface area contributed by atoms with Crippen LogP contribution in [0.15, 0.2) is 84.9 Å². The van der Waals surface area contributed by atoms with Gasteiger partial charge in [0.25, 0.3) is 0 Å². The summed E-state index contributed by atoms with van der Waals surface area (Å²) in [4.78, 5) is 0. The van der Waals surface area contributed by atoms with Gasteiger partial charge in [0.1, 0.15) is 0 Å². The molecule has 0 aromatic heterocycles. The molecule has 0 aliphatic heterocycles. The smallest absolute Gasteiger partial charge is 1.00 e. The summed E-state index contributed by atoms with van der Waals surface area (Å²) < 4.78 is 42.7. The summed E-state index contributed by atoms with van der Waals surface area (Å²) in [5.41, 5.74) is 1.20. The van der Waals surface area contributed by atoms with Crippen LogP contribution in [0.3, 0.4) is 0 Å². The molecule has 6 heteroatoms. The number of rotatable bonds is 7. The molecular formula is C27H30BrClF3Sn-. The van der Waals surface area contributed by atoms with E-state index in [1.807, 2.05) is 42.5 Å². The van der Waals surface area contributed by atoms with Gasteiger partial charge in [0.15, 0.2) is 0 Å². The average Bonchev–Trinajstić information content (AvgIpc) is 2.74. The molecule has 0 unspecified atom stereocenters. The van der Waals surface area contributed by atoms with Crippen LogP contribution in [0.25, 0.3) is 0 Å². The van der Waals surface area contributed by atoms with Crippen molar-refractivity contribution in [1.82, 2.24) is 0 Å². The van der Waals surface area contributed by atoms with Crippen LogP contribution in [0.5, 0.6) is 0 Å². The molecule has 3 aromatic carbocycles. The summed E-state index contributed by atoms with van der Waals surface area (Å²) in [6.45, 7) is 8.61. The zero-order valence-electron chi connectivity index (χ0n) is 19.4. The quantitative estimate of drug-likeness (QED) is 0.316. The molecule has 0 bridgehead atoms. The molecule has 0 heterocycles. The fraction of sp³-hybridized carbons (Fsp3) is 0.333. The summed E-state index contributed by atoms with van der Waals surface area (Å²) in [6.07, 6.45) is -4.39. The average molecular weight is 646 g/mol. The molecule has 0 aliphatic rings. The van der Waals surface area contributed by atoms with Crippen LogP contribution < -0.4 is 20.6 Å². The third-order valence-corrected chi connectivity index (χ3v) is 21.6. The second kappa shape index (κ2) is 10.7. The predicted molar refractivity (Wildman–Crippen MR) is 131 cm³/mol. The third-order valence-electron chi connectivity index (χ3n) is 6.26. The maximum absolute atomic E-state index is 13.5. The molecule has 0 nitrogen and oxygen atoms in total. The van der Waals surface area contributed by atoms with E-state index in [1.165, 1.54) is 12.1 Å². The van der Waals surface area contributed by atoms with Crippen molar-refractivity contribution >= 4 is 29.8 Å². The summed E-state index contributed by atoms with van der Waals surface area (Å²) in [5, 5.41) is 0. The van der Waals surface area contributed by atoms with E-state index in [4.69, 9.17) is 8.92 Å². The van der Waals surface area contributed by atoms with Gasteiger partial charge in [-0.05, 0) is 0 Å². The molecule has 0 aliphatic carbocycles. The van der Waals surface area contributed by atoms with E-state index in [-0.39, 0.29) is 27.8 Å². The predicted octanol–water partition coefficient (Wildman–Crippen LogP) is 5.06. The summed E-state index contributed by atoms with van der Waals surface area (Å²) in [5.74, 6) is 0. The first-order valence-electron chi connectivity index (χ1n) is 10.8. The molecule has 3 rings (SSSR count). The molecule has 0 atom stereocenters. The molecule has 0 fully saturated rings. The Morgan fingerprint density at radius 3 is 1.42 bits per heavy atom. The van der Waals surface area contributed by atoms with Crippen molar-refractivity contribution < 1.29 is 30.2 Å². The topological polar surface area (TPSA) is 0 Å². The molecule has 0 N–H and O–H groups in total. The fourth-order valence-electron chi connectivity index (χ4n) is 4.62. The minimum absolute atomic E-state index is 0. The van der Waals surface area contributed by atoms with Crippen molar-refractivity contribution in [1.29, 1.82) is 0 Å². The van der Waals surface area contributed by atoms with Crippen LogP contribution in [0, 0.1) is 0 Å². The van der Waals surface area contributed by atoms with Crippen LogP contribution in [-0.4, -0.2) is 17.3 Å². The Morgan fingerprint density at radius 2 is 1.03 bits per heavy atom. The van der Waals surface area contributed by atoms with Gasteiger partial charge in [-0.2, -0.15) is 0 Å². The van der Waals surface area contributed by atoms with Crippen LogP contribution >= 0.6 is 8.92 Å². The third kappa shape index (κ3) is 7.02. The molecule has 0 spiro atoms. The standard InChI is InChI=1S/2C10H13.C7H4F3.BrH.ClH.Sn/c2*1-10(2,3)9-7-5-4-6-8-9;8-7(9,10)6-4-2-1-3-5-6;;;/h2*4-8H,1H2,2-3H3;1-2,4-5H;2*1H;/q;;;;;+1/p-2. The van der Waals surface area contributed by atoms with Crippen LogP contribution in [0.4, 0.5) is 13.2 Å². The Balaban J connectivity index is 0.00000385. The van der Waals surface area contributed by atoms with Crippen LogP contribution in [0.2, 0.25) is 8.87 Å². The number of hydrogen-bond acceptors (Lipinski definition) is 0. The van der Waals surface area contributed by atoms with Crippen molar-refractivity contribution in [3.63, 3.8) is 0 Å². The summed E-state index contributed by atoms with van der Waals surface area (Å²) in [6, 6.07) is 26.1. The maximum atomic E-state index is 13.5. The SMILES string of the molecule is CC(C)([CH2][Sn]([Cl])([CH2]C(C)(C)c1ccccc1)[c]1cccc(C(F)(F)F)c1)c1ccccc1.[Br-]. The Kier molecular flexibility index (Phi) is 9.20. The van der Waals surface area contributed by atoms with E-state index in [1.54, 1.807) is 0 Å². The van der Waals surface area contributed by atoms with Gasteiger partial charge in [-0.25, -0.2) is 0 Å². The van der Waals surface area contributed by atoms with Gasteiger partial charge in [0.2, 0.25) is 0 Å². The Bertz CT molecular complexity index is 980. The van der Waals surface area contributed by atoms with Gasteiger partial charge in [0, 0.05) is 0 Å². The molecule has 3 aromatic rings. The molecular weight excluding hydrogens is 615 g/mol. The normalized spacial score (nSPS) is 12.8. The maximum Gasteiger partial charge on any atom is -1.00 e. The number of halogens is 5. The van der Waals surface area contributed by atoms with Crippen molar-refractivity contribution in [2.24, 2.45) is 0 Å². The van der Waals surface area contributed by atoms with E-state index in [0.29, 0.717) is 12.5 Å². The first kappa shape index (κ1) is 28.3. The zero-order chi connectivity index (χ0) is 23.6. The molecule has 178 valence electrons. The molecule has 0 saturated heterocycles. The monoisotopic (exact) mass is 645 g/mol. The Hall–Kier alpha value is -0.981. The number of benzene rings is 3. The van der Waals surface area contributed by atoms with Gasteiger partial charge < -0.3 is 17.0 Å². The van der Waals surface area contributed by atoms with Crippen LogP contribution in [0.1, 0.15) is 44.4 Å². The van der Waals surface area contributed by atoms with Crippen molar-refractivity contribution in [3.8, 4) is 0 Å². The van der Waals surface area contributed by atoms with Crippen molar-refractivity contribution in [3.05, 3.63) is 102 Å². The summed E-state index contributed by atoms with van der Waals surface area (Å²) in [7, 11) is 7.60. The van der Waals surface area contributed by atoms with Gasteiger partial charge >= 0.3 is 198 Å². The van der Waals surface area contributed by atoms with E-state index in [0.717, 1.165) is 17.2 Å². The molecule has 0 saturated carbocycles. The number of alkyl halides is 3. The first-order valence-corrected chi connectivity index (χ1v) is 19.9. The van der Waals surface area contributed by atoms with Gasteiger partial charge in [-0.1, -0.05) is 0 Å². The van der Waals surface area contributed by atoms with Crippen LogP contribution in [-0.2, 0) is 17.0 Å². The second-order valence-corrected chi connectivity index (χ2v) is 23.9. The molecule has 0 amide bonds. The summed E-state index contributed by atoms with van der Waals surface area (Å²) >= 11 is -3.87. The Labute approximate surface area is 213 Å². The van der Waals surface area contributed by atoms with E-state index >= 15 is 0 Å². The minimum atomic E-state index is -4.39. The van der Waals surface area contributed by atoms with Gasteiger partial charge in [0.05, 0.1) is 0 Å². The molecule has 33 heavy (non-hydrogen) atoms. The first-order chi connectivity index (χ1) is 14.8. The zero-order valence-corrected chi connectivity index (χ0v) is 24.6. The number of hydrogen-bond donors (Lipinski definition) is 0. The Morgan fingerprint density at radius 1 is 0.636 bits per heavy atom. The van der Waals surface area contributed by atoms with E-state index < -0.39 is 29.0 Å². The largest absolute Gasteiger partial charge is 1.00 e. The van der Waals surface area contributed by atoms with Gasteiger partial charge in [-0.3, -0.25) is 0 Å². The second-order valence-electron chi connectivity index (χ2n) is 9.90. The fourth-order valence-corrected chi connectivity index (χ4v) is 22.9. The van der Waals surface area contributed by atoms with E-state index in [9.17, 15) is 13.2 Å². The van der Waals surface area contributed by atoms with Gasteiger partial charge in [-0.15, -0.1) is 0 Å². The molecule has 0 radical (unpaired) electrons. The minimum Gasteiger partial charge on any atom is -1.00 e.